The normalized spacial score (nSPS) is 16.9. The van der Waals surface area contributed by atoms with E-state index >= 15 is 0 Å². The molecular formula is C28H21BrN2O3S. The lowest BCUT2D eigenvalue weighted by Crippen LogP contribution is -2.39. The number of allylic oxidation sites excluding steroid dienone is 1. The highest BCUT2D eigenvalue weighted by molar-refractivity contribution is 9.10. The van der Waals surface area contributed by atoms with Gasteiger partial charge in [-0.1, -0.05) is 69.7 Å². The number of phenols is 1. The second kappa shape index (κ2) is 8.66. The minimum Gasteiger partial charge on any atom is -0.507 e. The van der Waals surface area contributed by atoms with Crippen LogP contribution in [0.1, 0.15) is 34.7 Å². The lowest BCUT2D eigenvalue weighted by atomic mass is 9.83. The molecule has 1 N–H and O–H groups in total. The molecule has 4 aromatic rings. The van der Waals surface area contributed by atoms with E-state index in [0.717, 1.165) is 45.5 Å². The number of ether oxygens (including phenoxy) is 1. The quantitative estimate of drug-likeness (QED) is 0.403. The number of halogens is 1. The van der Waals surface area contributed by atoms with Gasteiger partial charge in [-0.3, -0.25) is 9.36 Å². The second-order valence-corrected chi connectivity index (χ2v) is 10.5. The molecule has 5 nitrogen and oxygen atoms in total. The van der Waals surface area contributed by atoms with Gasteiger partial charge in [0, 0.05) is 21.2 Å². The average molecular weight is 545 g/mol. The van der Waals surface area contributed by atoms with Crippen molar-refractivity contribution in [3.05, 3.63) is 119 Å². The number of hydrogen-bond donors (Lipinski definition) is 1. The number of rotatable bonds is 3. The molecule has 0 spiro atoms. The molecule has 0 fully saturated rings. The average Bonchev–Trinajstić information content (AvgIpc) is 3.19. The molecule has 2 heterocycles. The second-order valence-electron chi connectivity index (χ2n) is 8.56. The molecule has 0 radical (unpaired) electrons. The number of para-hydroxylation sites is 1. The van der Waals surface area contributed by atoms with Crippen LogP contribution in [0.15, 0.2) is 86.6 Å². The molecular weight excluding hydrogens is 524 g/mol. The van der Waals surface area contributed by atoms with Gasteiger partial charge in [-0.15, -0.1) is 0 Å². The lowest BCUT2D eigenvalue weighted by Gasteiger charge is -2.31. The monoisotopic (exact) mass is 544 g/mol. The fourth-order valence-corrected chi connectivity index (χ4v) is 6.34. The zero-order chi connectivity index (χ0) is 24.1. The van der Waals surface area contributed by atoms with E-state index in [0.29, 0.717) is 14.9 Å². The van der Waals surface area contributed by atoms with Gasteiger partial charge in [-0.05, 0) is 54.3 Å². The van der Waals surface area contributed by atoms with Gasteiger partial charge in [0.2, 0.25) is 0 Å². The van der Waals surface area contributed by atoms with E-state index in [1.807, 2.05) is 30.3 Å². The van der Waals surface area contributed by atoms with Crippen molar-refractivity contribution < 1.29 is 9.84 Å². The summed E-state index contributed by atoms with van der Waals surface area (Å²) >= 11 is 4.79. The smallest absolute Gasteiger partial charge is 0.271 e. The molecule has 1 aromatic heterocycles. The maximum atomic E-state index is 13.8. The number of thiazole rings is 1. The minimum atomic E-state index is -0.316. The Labute approximate surface area is 214 Å². The van der Waals surface area contributed by atoms with E-state index < -0.39 is 0 Å². The summed E-state index contributed by atoms with van der Waals surface area (Å²) in [5.74, 6) is 0.859. The van der Waals surface area contributed by atoms with Crippen molar-refractivity contribution in [2.45, 2.75) is 18.9 Å². The van der Waals surface area contributed by atoms with E-state index in [-0.39, 0.29) is 17.4 Å². The highest BCUT2D eigenvalue weighted by Crippen LogP contribution is 2.43. The molecule has 0 saturated carbocycles. The summed E-state index contributed by atoms with van der Waals surface area (Å²) in [6.07, 6.45) is 3.45. The van der Waals surface area contributed by atoms with Gasteiger partial charge in [0.25, 0.3) is 5.56 Å². The van der Waals surface area contributed by atoms with Gasteiger partial charge < -0.3 is 9.84 Å². The Bertz CT molecular complexity index is 1700. The number of nitrogens with zero attached hydrogens (tertiary/aromatic N) is 2. The predicted molar refractivity (Wildman–Crippen MR) is 142 cm³/mol. The van der Waals surface area contributed by atoms with E-state index in [9.17, 15) is 9.90 Å². The first kappa shape index (κ1) is 22.1. The number of benzene rings is 3. The summed E-state index contributed by atoms with van der Waals surface area (Å²) in [6, 6.07) is 21.1. The number of fused-ring (bicyclic) bond motifs is 3. The zero-order valence-corrected chi connectivity index (χ0v) is 21.3. The first-order valence-corrected chi connectivity index (χ1v) is 12.9. The maximum absolute atomic E-state index is 13.8. The van der Waals surface area contributed by atoms with E-state index in [2.05, 4.69) is 34.1 Å². The topological polar surface area (TPSA) is 63.8 Å². The Kier molecular flexibility index (Phi) is 5.46. The van der Waals surface area contributed by atoms with Crippen molar-refractivity contribution in [1.82, 2.24) is 4.57 Å². The molecule has 7 heteroatoms. The van der Waals surface area contributed by atoms with Crippen LogP contribution in [-0.2, 0) is 6.42 Å². The third-order valence-electron chi connectivity index (χ3n) is 6.58. The standard InChI is InChI=1S/C28H21BrN2O3S/c1-34-23-9-5-4-8-20(23)26-21-12-10-16-6-2-3-7-19(16)25(21)30-28-31(26)27(33)24(35-28)15-17-14-18(29)11-13-22(17)32/h2-9,11,13-15,26,32H,10,12H2,1H3/b24-15-/t26-/m1/s1. The van der Waals surface area contributed by atoms with Crippen LogP contribution >= 0.6 is 27.3 Å². The number of aromatic nitrogens is 1. The number of methoxy groups -OCH3 is 1. The molecule has 6 rings (SSSR count). The molecule has 0 bridgehead atoms. The minimum absolute atomic E-state index is 0.119. The van der Waals surface area contributed by atoms with Crippen molar-refractivity contribution in [3.8, 4) is 11.5 Å². The number of hydrogen-bond acceptors (Lipinski definition) is 5. The van der Waals surface area contributed by atoms with Gasteiger partial charge in [-0.2, -0.15) is 0 Å². The molecule has 0 amide bonds. The fourth-order valence-electron chi connectivity index (χ4n) is 4.97. The van der Waals surface area contributed by atoms with Crippen LogP contribution in [0.5, 0.6) is 11.5 Å². The van der Waals surface area contributed by atoms with Gasteiger partial charge in [0.15, 0.2) is 4.80 Å². The summed E-state index contributed by atoms with van der Waals surface area (Å²) in [5.41, 5.74) is 5.85. The van der Waals surface area contributed by atoms with Crippen LogP contribution in [0.25, 0.3) is 11.8 Å². The highest BCUT2D eigenvalue weighted by atomic mass is 79.9. The van der Waals surface area contributed by atoms with E-state index in [4.69, 9.17) is 9.73 Å². The molecule has 3 aromatic carbocycles. The number of phenolic OH excluding ortho intramolecular Hbond substituents is 1. The van der Waals surface area contributed by atoms with Gasteiger partial charge in [-0.25, -0.2) is 4.99 Å². The largest absolute Gasteiger partial charge is 0.507 e. The molecule has 1 atom stereocenters. The Balaban J connectivity index is 1.66. The molecule has 0 unspecified atom stereocenters. The molecule has 174 valence electrons. The Morgan fingerprint density at radius 2 is 1.91 bits per heavy atom. The van der Waals surface area contributed by atoms with Crippen LogP contribution in [0.2, 0.25) is 0 Å². The predicted octanol–water partition coefficient (Wildman–Crippen LogP) is 4.80. The Hall–Kier alpha value is -3.42. The first-order valence-electron chi connectivity index (χ1n) is 11.3. The van der Waals surface area contributed by atoms with Crippen molar-refractivity contribution in [3.63, 3.8) is 0 Å². The molecule has 0 saturated heterocycles. The zero-order valence-electron chi connectivity index (χ0n) is 18.9. The number of aryl methyl sites for hydroxylation is 1. The summed E-state index contributed by atoms with van der Waals surface area (Å²) in [6.45, 7) is 0. The van der Waals surface area contributed by atoms with Crippen LogP contribution in [-0.4, -0.2) is 16.8 Å². The maximum Gasteiger partial charge on any atom is 0.271 e. The highest BCUT2D eigenvalue weighted by Gasteiger charge is 2.33. The molecule has 1 aliphatic carbocycles. The van der Waals surface area contributed by atoms with Crippen LogP contribution in [0.4, 0.5) is 0 Å². The van der Waals surface area contributed by atoms with Crippen molar-refractivity contribution in [2.24, 2.45) is 4.99 Å². The number of aromatic hydroxyl groups is 1. The summed E-state index contributed by atoms with van der Waals surface area (Å²) in [4.78, 5) is 19.5. The third kappa shape index (κ3) is 3.66. The molecule has 1 aliphatic heterocycles. The van der Waals surface area contributed by atoms with Gasteiger partial charge >= 0.3 is 0 Å². The summed E-state index contributed by atoms with van der Waals surface area (Å²) in [7, 11) is 1.66. The Morgan fingerprint density at radius 3 is 2.77 bits per heavy atom. The third-order valence-corrected chi connectivity index (χ3v) is 8.06. The van der Waals surface area contributed by atoms with Crippen molar-refractivity contribution in [2.75, 3.05) is 7.11 Å². The van der Waals surface area contributed by atoms with Gasteiger partial charge in [0.1, 0.15) is 11.5 Å². The van der Waals surface area contributed by atoms with Crippen molar-refractivity contribution in [1.29, 1.82) is 0 Å². The Morgan fingerprint density at radius 1 is 1.11 bits per heavy atom. The van der Waals surface area contributed by atoms with Crippen molar-refractivity contribution >= 4 is 39.0 Å². The fraction of sp³-hybridized carbons (Fsp3) is 0.143. The molecule has 2 aliphatic rings. The van der Waals surface area contributed by atoms with Gasteiger partial charge in [0.05, 0.1) is 23.4 Å². The van der Waals surface area contributed by atoms with E-state index in [1.165, 1.54) is 16.9 Å². The van der Waals surface area contributed by atoms with Crippen LogP contribution < -0.4 is 19.6 Å². The first-order chi connectivity index (χ1) is 17.0. The van der Waals surface area contributed by atoms with Crippen LogP contribution in [0, 0.1) is 0 Å². The lowest BCUT2D eigenvalue weighted by molar-refractivity contribution is 0.402. The summed E-state index contributed by atoms with van der Waals surface area (Å²) < 4.78 is 8.86. The van der Waals surface area contributed by atoms with Crippen LogP contribution in [0.3, 0.4) is 0 Å². The van der Waals surface area contributed by atoms with E-state index in [1.54, 1.807) is 36.0 Å². The summed E-state index contributed by atoms with van der Waals surface area (Å²) in [5, 5.41) is 10.4. The SMILES string of the molecule is COc1ccccc1[C@@H]1C2=C(N=c3s/c(=C\c4cc(Br)ccc4O)c(=O)n31)c1ccccc1CC2. The molecule has 35 heavy (non-hydrogen) atoms.